The van der Waals surface area contributed by atoms with Gasteiger partial charge in [0, 0.05) is 19.0 Å². The van der Waals surface area contributed by atoms with Gasteiger partial charge < -0.3 is 15.7 Å². The Kier molecular flexibility index (Phi) is 6.71. The van der Waals surface area contributed by atoms with Crippen molar-refractivity contribution in [2.24, 2.45) is 0 Å². The van der Waals surface area contributed by atoms with E-state index in [1.54, 1.807) is 37.4 Å². The molecule has 3 N–H and O–H groups in total. The van der Waals surface area contributed by atoms with Gasteiger partial charge in [-0.2, -0.15) is 0 Å². The fraction of sp³-hybridized carbons (Fsp3) is 0.286. The van der Waals surface area contributed by atoms with Gasteiger partial charge in [-0.25, -0.2) is 4.79 Å². The summed E-state index contributed by atoms with van der Waals surface area (Å²) in [5, 5.41) is 14.7. The summed E-state index contributed by atoms with van der Waals surface area (Å²) in [6, 6.07) is 11.4. The first kappa shape index (κ1) is 20.2. The van der Waals surface area contributed by atoms with Crippen LogP contribution in [0, 0.1) is 13.8 Å². The van der Waals surface area contributed by atoms with Crippen LogP contribution in [0.25, 0.3) is 0 Å². The van der Waals surface area contributed by atoms with E-state index in [2.05, 4.69) is 10.6 Å². The number of carboxylic acids is 1. The molecule has 0 radical (unpaired) electrons. The molecule has 6 nitrogen and oxygen atoms in total. The molecule has 2 rings (SSSR count). The van der Waals surface area contributed by atoms with Crippen LogP contribution in [0.3, 0.4) is 0 Å². The monoisotopic (exact) mass is 368 g/mol. The van der Waals surface area contributed by atoms with Crippen LogP contribution in [0.4, 0.5) is 0 Å². The zero-order valence-electron chi connectivity index (χ0n) is 15.7. The van der Waals surface area contributed by atoms with Crippen LogP contribution in [-0.4, -0.2) is 29.9 Å². The van der Waals surface area contributed by atoms with Crippen molar-refractivity contribution in [3.05, 3.63) is 70.3 Å². The van der Waals surface area contributed by atoms with Gasteiger partial charge in [-0.1, -0.05) is 41.5 Å². The van der Waals surface area contributed by atoms with E-state index in [0.29, 0.717) is 17.5 Å². The van der Waals surface area contributed by atoms with Gasteiger partial charge in [0.1, 0.15) is 0 Å². The summed E-state index contributed by atoms with van der Waals surface area (Å²) < 4.78 is 0. The second-order valence-electron chi connectivity index (χ2n) is 6.54. The normalized spacial score (nSPS) is 11.5. The zero-order valence-corrected chi connectivity index (χ0v) is 15.7. The minimum atomic E-state index is -1.10. The van der Waals surface area contributed by atoms with Crippen molar-refractivity contribution >= 4 is 17.8 Å². The molecule has 1 unspecified atom stereocenters. The summed E-state index contributed by atoms with van der Waals surface area (Å²) in [6.07, 6.45) is 0.543. The minimum absolute atomic E-state index is 0.131. The lowest BCUT2D eigenvalue weighted by atomic mass is 10.0. The van der Waals surface area contributed by atoms with Gasteiger partial charge in [0.25, 0.3) is 5.91 Å². The summed E-state index contributed by atoms with van der Waals surface area (Å²) in [7, 11) is 1.56. The first-order valence-electron chi connectivity index (χ1n) is 8.71. The second kappa shape index (κ2) is 8.98. The first-order chi connectivity index (χ1) is 12.8. The van der Waals surface area contributed by atoms with Crippen molar-refractivity contribution in [2.75, 3.05) is 7.05 Å². The van der Waals surface area contributed by atoms with Crippen molar-refractivity contribution < 1.29 is 19.5 Å². The average Bonchev–Trinajstić information content (AvgIpc) is 2.63. The first-order valence-corrected chi connectivity index (χ1v) is 8.71. The van der Waals surface area contributed by atoms with Crippen molar-refractivity contribution in [3.63, 3.8) is 0 Å². The predicted molar refractivity (Wildman–Crippen MR) is 103 cm³/mol. The molecule has 1 atom stereocenters. The number of rotatable bonds is 7. The average molecular weight is 368 g/mol. The van der Waals surface area contributed by atoms with E-state index in [-0.39, 0.29) is 18.2 Å². The number of amides is 2. The Balaban J connectivity index is 2.04. The highest BCUT2D eigenvalue weighted by Gasteiger charge is 2.22. The number of aryl methyl sites for hydroxylation is 3. The van der Waals surface area contributed by atoms with Crippen molar-refractivity contribution in [1.82, 2.24) is 10.6 Å². The molecule has 6 heteroatoms. The topological polar surface area (TPSA) is 95.5 Å². The number of nitrogens with one attached hydrogen (secondary N) is 2. The molecule has 27 heavy (non-hydrogen) atoms. The number of hydrogen-bond acceptors (Lipinski definition) is 3. The number of hydrogen-bond donors (Lipinski definition) is 3. The SMILES string of the molecule is CNC(=O)c1cccc(CCC(=O)NC(C(=O)O)c2cc(C)cc(C)c2)c1. The third-order valence-electron chi connectivity index (χ3n) is 4.19. The highest BCUT2D eigenvalue weighted by molar-refractivity contribution is 5.94. The highest BCUT2D eigenvalue weighted by atomic mass is 16.4. The van der Waals surface area contributed by atoms with Crippen LogP contribution in [-0.2, 0) is 16.0 Å². The molecule has 142 valence electrons. The molecular weight excluding hydrogens is 344 g/mol. The molecule has 0 saturated heterocycles. The van der Waals surface area contributed by atoms with Crippen LogP contribution in [0.15, 0.2) is 42.5 Å². The molecule has 0 spiro atoms. The third-order valence-corrected chi connectivity index (χ3v) is 4.19. The maximum absolute atomic E-state index is 12.3. The molecule has 0 bridgehead atoms. The van der Waals surface area contributed by atoms with Crippen molar-refractivity contribution in [2.45, 2.75) is 32.7 Å². The van der Waals surface area contributed by atoms with E-state index in [0.717, 1.165) is 16.7 Å². The van der Waals surface area contributed by atoms with Gasteiger partial charge in [0.05, 0.1) is 0 Å². The number of benzene rings is 2. The Labute approximate surface area is 158 Å². The fourth-order valence-electron chi connectivity index (χ4n) is 2.97. The lowest BCUT2D eigenvalue weighted by Gasteiger charge is -2.16. The third kappa shape index (κ3) is 5.67. The molecule has 0 aliphatic carbocycles. The van der Waals surface area contributed by atoms with Gasteiger partial charge in [-0.3, -0.25) is 9.59 Å². The van der Waals surface area contributed by atoms with E-state index in [4.69, 9.17) is 0 Å². The molecule has 0 aliphatic heterocycles. The molecule has 0 saturated carbocycles. The Hall–Kier alpha value is -3.15. The van der Waals surface area contributed by atoms with Crippen LogP contribution in [0.2, 0.25) is 0 Å². The number of carbonyl (C=O) groups is 3. The van der Waals surface area contributed by atoms with Gasteiger partial charge in [0.2, 0.25) is 5.91 Å². The molecule has 0 heterocycles. The standard InChI is InChI=1S/C21H24N2O4/c1-13-9-14(2)11-17(10-13)19(21(26)27)23-18(24)8-7-15-5-4-6-16(12-15)20(25)22-3/h4-6,9-12,19H,7-8H2,1-3H3,(H,22,25)(H,23,24)(H,26,27). The number of carbonyl (C=O) groups excluding carboxylic acids is 2. The van der Waals surface area contributed by atoms with Gasteiger partial charge in [-0.05, 0) is 43.5 Å². The quantitative estimate of drug-likeness (QED) is 0.700. The van der Waals surface area contributed by atoms with Crippen LogP contribution >= 0.6 is 0 Å². The van der Waals surface area contributed by atoms with Crippen LogP contribution in [0.1, 0.15) is 45.1 Å². The predicted octanol–water partition coefficient (Wildman–Crippen LogP) is 2.54. The fourth-order valence-corrected chi connectivity index (χ4v) is 2.97. The lowest BCUT2D eigenvalue weighted by Crippen LogP contribution is -2.34. The summed E-state index contributed by atoms with van der Waals surface area (Å²) >= 11 is 0. The summed E-state index contributed by atoms with van der Waals surface area (Å²) in [5.41, 5.74) is 3.79. The molecule has 2 aromatic rings. The van der Waals surface area contributed by atoms with Crippen molar-refractivity contribution in [1.29, 1.82) is 0 Å². The number of aliphatic carboxylic acids is 1. The Morgan fingerprint density at radius 3 is 2.30 bits per heavy atom. The van der Waals surface area contributed by atoms with E-state index in [1.165, 1.54) is 0 Å². The molecule has 0 fully saturated rings. The largest absolute Gasteiger partial charge is 0.479 e. The summed E-state index contributed by atoms with van der Waals surface area (Å²) in [6.45, 7) is 3.77. The minimum Gasteiger partial charge on any atom is -0.479 e. The van der Waals surface area contributed by atoms with Crippen LogP contribution in [0.5, 0.6) is 0 Å². The maximum Gasteiger partial charge on any atom is 0.330 e. The van der Waals surface area contributed by atoms with E-state index in [9.17, 15) is 19.5 Å². The molecule has 0 aromatic heterocycles. The Morgan fingerprint density at radius 2 is 1.70 bits per heavy atom. The molecule has 2 amide bonds. The van der Waals surface area contributed by atoms with Crippen LogP contribution < -0.4 is 10.6 Å². The Bertz CT molecular complexity index is 841. The molecular formula is C21H24N2O4. The summed E-state index contributed by atoms with van der Waals surface area (Å²) in [5.74, 6) is -1.65. The van der Waals surface area contributed by atoms with Gasteiger partial charge in [-0.15, -0.1) is 0 Å². The van der Waals surface area contributed by atoms with E-state index >= 15 is 0 Å². The molecule has 0 aliphatic rings. The highest BCUT2D eigenvalue weighted by Crippen LogP contribution is 2.18. The second-order valence-corrected chi connectivity index (χ2v) is 6.54. The Morgan fingerprint density at radius 1 is 1.04 bits per heavy atom. The van der Waals surface area contributed by atoms with Gasteiger partial charge in [0.15, 0.2) is 6.04 Å². The zero-order chi connectivity index (χ0) is 20.0. The van der Waals surface area contributed by atoms with Crippen molar-refractivity contribution in [3.8, 4) is 0 Å². The number of carboxylic acid groups (broad SMARTS) is 1. The van der Waals surface area contributed by atoms with E-state index in [1.807, 2.05) is 26.0 Å². The molecule has 2 aromatic carbocycles. The van der Waals surface area contributed by atoms with E-state index < -0.39 is 12.0 Å². The maximum atomic E-state index is 12.3. The van der Waals surface area contributed by atoms with Gasteiger partial charge >= 0.3 is 5.97 Å². The smallest absolute Gasteiger partial charge is 0.330 e. The summed E-state index contributed by atoms with van der Waals surface area (Å²) in [4.78, 5) is 35.6. The lowest BCUT2D eigenvalue weighted by molar-refractivity contribution is -0.142.